The third-order valence-corrected chi connectivity index (χ3v) is 3.13. The summed E-state index contributed by atoms with van der Waals surface area (Å²) in [6.45, 7) is 3.26. The maximum atomic E-state index is 11.8. The summed E-state index contributed by atoms with van der Waals surface area (Å²) in [4.78, 5) is 12.5. The number of esters is 1. The van der Waals surface area contributed by atoms with Crippen molar-refractivity contribution in [3.63, 3.8) is 0 Å². The van der Waals surface area contributed by atoms with E-state index < -0.39 is 12.1 Å². The van der Waals surface area contributed by atoms with Gasteiger partial charge in [0.25, 0.3) is 0 Å². The number of carbonyl (C=O) groups excluding carboxylic acids is 1. The zero-order chi connectivity index (χ0) is 13.5. The molecule has 1 aromatic rings. The second kappa shape index (κ2) is 6.68. The van der Waals surface area contributed by atoms with Crippen molar-refractivity contribution >= 4 is 17.7 Å². The first-order chi connectivity index (χ1) is 8.58. The lowest BCUT2D eigenvalue weighted by Crippen LogP contribution is -2.14. The molecule has 0 aliphatic rings. The summed E-state index contributed by atoms with van der Waals surface area (Å²) in [6.07, 6.45) is -0.788. The predicted molar refractivity (Wildman–Crippen MR) is 67.9 cm³/mol. The Morgan fingerprint density at radius 3 is 2.56 bits per heavy atom. The van der Waals surface area contributed by atoms with Crippen molar-refractivity contribution in [1.82, 2.24) is 0 Å². The highest BCUT2D eigenvalue weighted by molar-refractivity contribution is 8.00. The smallest absolute Gasteiger partial charge is 0.340 e. The van der Waals surface area contributed by atoms with Gasteiger partial charge < -0.3 is 4.74 Å². The Morgan fingerprint density at radius 2 is 1.94 bits per heavy atom. The third kappa shape index (κ3) is 3.80. The lowest BCUT2D eigenvalue weighted by Gasteiger charge is -2.10. The molecule has 92 valence electrons. The molecular formula is C13H12N2O2S. The van der Waals surface area contributed by atoms with E-state index in [0.717, 1.165) is 0 Å². The molecule has 0 radical (unpaired) electrons. The van der Waals surface area contributed by atoms with Crippen molar-refractivity contribution in [3.05, 3.63) is 29.8 Å². The number of nitrogens with zero attached hydrogens (tertiary/aromatic N) is 2. The first-order valence-electron chi connectivity index (χ1n) is 5.34. The Labute approximate surface area is 110 Å². The number of benzene rings is 1. The molecule has 18 heavy (non-hydrogen) atoms. The number of hydrogen-bond acceptors (Lipinski definition) is 5. The topological polar surface area (TPSA) is 73.9 Å². The molecule has 1 aromatic carbocycles. The van der Waals surface area contributed by atoms with Crippen LogP contribution >= 0.6 is 11.8 Å². The number of hydrogen-bond donors (Lipinski definition) is 0. The van der Waals surface area contributed by atoms with Crippen LogP contribution in [0.3, 0.4) is 0 Å². The SMILES string of the molecule is C[C@H](C#N)OC(=O)c1ccccc1S[C@H](C)C#N. The van der Waals surface area contributed by atoms with Crippen LogP contribution in [0.15, 0.2) is 29.2 Å². The van der Waals surface area contributed by atoms with Gasteiger partial charge in [0.15, 0.2) is 6.10 Å². The molecule has 5 heteroatoms. The second-order valence-electron chi connectivity index (χ2n) is 3.56. The summed E-state index contributed by atoms with van der Waals surface area (Å²) < 4.78 is 4.95. The Hall–Kier alpha value is -1.98. The molecule has 0 aliphatic heterocycles. The maximum Gasteiger partial charge on any atom is 0.340 e. The van der Waals surface area contributed by atoms with Gasteiger partial charge in [-0.3, -0.25) is 0 Å². The van der Waals surface area contributed by atoms with Gasteiger partial charge in [-0.1, -0.05) is 12.1 Å². The van der Waals surface area contributed by atoms with Crippen LogP contribution in [0.5, 0.6) is 0 Å². The average Bonchev–Trinajstić information content (AvgIpc) is 2.38. The fourth-order valence-corrected chi connectivity index (χ4v) is 2.07. The second-order valence-corrected chi connectivity index (χ2v) is 4.94. The summed E-state index contributed by atoms with van der Waals surface area (Å²) in [7, 11) is 0. The predicted octanol–water partition coefficient (Wildman–Crippen LogP) is 2.76. The van der Waals surface area contributed by atoms with Crippen molar-refractivity contribution in [2.45, 2.75) is 30.1 Å². The van der Waals surface area contributed by atoms with Gasteiger partial charge in [0.2, 0.25) is 0 Å². The molecular weight excluding hydrogens is 248 g/mol. The van der Waals surface area contributed by atoms with E-state index in [4.69, 9.17) is 15.3 Å². The van der Waals surface area contributed by atoms with Gasteiger partial charge in [-0.15, -0.1) is 11.8 Å². The molecule has 0 amide bonds. The summed E-state index contributed by atoms with van der Waals surface area (Å²) in [5.41, 5.74) is 0.381. The van der Waals surface area contributed by atoms with Gasteiger partial charge in [-0.25, -0.2) is 4.79 Å². The van der Waals surface area contributed by atoms with Crippen molar-refractivity contribution in [2.24, 2.45) is 0 Å². The highest BCUT2D eigenvalue weighted by Crippen LogP contribution is 2.27. The molecule has 0 aliphatic carbocycles. The average molecular weight is 260 g/mol. The standard InChI is InChI=1S/C13H12N2O2S/c1-9(7-14)17-13(16)11-5-3-4-6-12(11)18-10(2)8-15/h3-6,9-10H,1-2H3/t9-,10-/m1/s1. The van der Waals surface area contributed by atoms with E-state index in [9.17, 15) is 4.79 Å². The van der Waals surface area contributed by atoms with E-state index in [-0.39, 0.29) is 5.25 Å². The lowest BCUT2D eigenvalue weighted by molar-refractivity contribution is 0.0431. The van der Waals surface area contributed by atoms with Crippen molar-refractivity contribution < 1.29 is 9.53 Å². The van der Waals surface area contributed by atoms with E-state index >= 15 is 0 Å². The molecule has 0 aromatic heterocycles. The Bertz CT molecular complexity index is 516. The van der Waals surface area contributed by atoms with Crippen molar-refractivity contribution in [3.8, 4) is 12.1 Å². The number of rotatable bonds is 4. The van der Waals surface area contributed by atoms with E-state index in [1.807, 2.05) is 6.07 Å². The number of carbonyl (C=O) groups is 1. The molecule has 4 nitrogen and oxygen atoms in total. The summed E-state index contributed by atoms with van der Waals surface area (Å²) in [6, 6.07) is 10.8. The fraction of sp³-hybridized carbons (Fsp3) is 0.308. The van der Waals surface area contributed by atoms with Crippen LogP contribution in [-0.4, -0.2) is 17.3 Å². The molecule has 2 atom stereocenters. The molecule has 0 heterocycles. The third-order valence-electron chi connectivity index (χ3n) is 2.06. The van der Waals surface area contributed by atoms with Gasteiger partial charge in [-0.05, 0) is 26.0 Å². The molecule has 1 rings (SSSR count). The molecule has 0 saturated heterocycles. The number of thioether (sulfide) groups is 1. The van der Waals surface area contributed by atoms with Crippen LogP contribution in [0.25, 0.3) is 0 Å². The molecule has 0 unspecified atom stereocenters. The van der Waals surface area contributed by atoms with Gasteiger partial charge in [-0.2, -0.15) is 10.5 Å². The van der Waals surface area contributed by atoms with E-state index in [0.29, 0.717) is 10.5 Å². The Balaban J connectivity index is 2.92. The van der Waals surface area contributed by atoms with E-state index in [1.54, 1.807) is 31.2 Å². The molecule has 0 fully saturated rings. The maximum absolute atomic E-state index is 11.8. The minimum Gasteiger partial charge on any atom is -0.444 e. The van der Waals surface area contributed by atoms with Gasteiger partial charge >= 0.3 is 5.97 Å². The van der Waals surface area contributed by atoms with Gasteiger partial charge in [0.1, 0.15) is 6.07 Å². The van der Waals surface area contributed by atoms with Crippen molar-refractivity contribution in [1.29, 1.82) is 10.5 Å². The van der Waals surface area contributed by atoms with Crippen LogP contribution in [0.2, 0.25) is 0 Å². The van der Waals surface area contributed by atoms with Crippen molar-refractivity contribution in [2.75, 3.05) is 0 Å². The number of nitriles is 2. The first kappa shape index (κ1) is 14.1. The van der Waals surface area contributed by atoms with E-state index in [2.05, 4.69) is 6.07 Å². The Morgan fingerprint density at radius 1 is 1.28 bits per heavy atom. The van der Waals surface area contributed by atoms with E-state index in [1.165, 1.54) is 18.7 Å². The summed E-state index contributed by atoms with van der Waals surface area (Å²) in [5, 5.41) is 17.1. The zero-order valence-electron chi connectivity index (χ0n) is 10.1. The Kier molecular flexibility index (Phi) is 5.23. The minimum atomic E-state index is -0.788. The van der Waals surface area contributed by atoms with Gasteiger partial charge in [0.05, 0.1) is 16.9 Å². The van der Waals surface area contributed by atoms with Crippen LogP contribution in [0.1, 0.15) is 24.2 Å². The normalized spacial score (nSPS) is 12.9. The molecule has 0 spiro atoms. The van der Waals surface area contributed by atoms with Crippen LogP contribution < -0.4 is 0 Å². The first-order valence-corrected chi connectivity index (χ1v) is 6.22. The summed E-state index contributed by atoms with van der Waals surface area (Å²) >= 11 is 1.29. The molecule has 0 saturated carbocycles. The zero-order valence-corrected chi connectivity index (χ0v) is 10.9. The van der Waals surface area contributed by atoms with Gasteiger partial charge in [0, 0.05) is 4.90 Å². The molecule has 0 bridgehead atoms. The van der Waals surface area contributed by atoms with Crippen LogP contribution in [-0.2, 0) is 4.74 Å². The minimum absolute atomic E-state index is 0.257. The van der Waals surface area contributed by atoms with Crippen LogP contribution in [0.4, 0.5) is 0 Å². The quantitative estimate of drug-likeness (QED) is 0.614. The largest absolute Gasteiger partial charge is 0.444 e. The lowest BCUT2D eigenvalue weighted by atomic mass is 10.2. The van der Waals surface area contributed by atoms with Crippen LogP contribution in [0, 0.1) is 22.7 Å². The highest BCUT2D eigenvalue weighted by atomic mass is 32.2. The fourth-order valence-electron chi connectivity index (χ4n) is 1.21. The molecule has 0 N–H and O–H groups in total. The highest BCUT2D eigenvalue weighted by Gasteiger charge is 2.16. The monoisotopic (exact) mass is 260 g/mol. The summed E-state index contributed by atoms with van der Waals surface area (Å²) in [5.74, 6) is -0.544. The number of ether oxygens (including phenoxy) is 1.